The molecule has 1 rings (SSSR count). The minimum atomic E-state index is 0.517. The zero-order valence-corrected chi connectivity index (χ0v) is 10.3. The molecule has 0 aromatic carbocycles. The van der Waals surface area contributed by atoms with E-state index in [1.54, 1.807) is 20.4 Å². The summed E-state index contributed by atoms with van der Waals surface area (Å²) in [5, 5.41) is 13.9. The third kappa shape index (κ3) is 5.98. The van der Waals surface area contributed by atoms with E-state index < -0.39 is 0 Å². The molecule has 1 aromatic heterocycles. The molecule has 0 saturated heterocycles. The van der Waals surface area contributed by atoms with Gasteiger partial charge < -0.3 is 20.1 Å². The molecule has 96 valence electrons. The fourth-order valence-electron chi connectivity index (χ4n) is 1.16. The highest BCUT2D eigenvalue weighted by Gasteiger charge is 1.99. The highest BCUT2D eigenvalue weighted by molar-refractivity contribution is 5.36. The van der Waals surface area contributed by atoms with E-state index in [4.69, 9.17) is 9.47 Å². The smallest absolute Gasteiger partial charge is 0.244 e. The largest absolute Gasteiger partial charge is 0.385 e. The van der Waals surface area contributed by atoms with E-state index in [2.05, 4.69) is 25.8 Å². The van der Waals surface area contributed by atoms with Crippen molar-refractivity contribution in [2.45, 2.75) is 6.42 Å². The predicted molar refractivity (Wildman–Crippen MR) is 65.2 cm³/mol. The highest BCUT2D eigenvalue weighted by atomic mass is 16.5. The number of nitrogens with one attached hydrogen (secondary N) is 2. The van der Waals surface area contributed by atoms with Gasteiger partial charge in [-0.3, -0.25) is 0 Å². The first kappa shape index (κ1) is 13.6. The molecule has 0 atom stereocenters. The van der Waals surface area contributed by atoms with Gasteiger partial charge in [-0.05, 0) is 6.42 Å². The van der Waals surface area contributed by atoms with Gasteiger partial charge in [-0.25, -0.2) is 0 Å². The van der Waals surface area contributed by atoms with Gasteiger partial charge in [-0.1, -0.05) is 0 Å². The van der Waals surface area contributed by atoms with Gasteiger partial charge in [0.25, 0.3) is 0 Å². The van der Waals surface area contributed by atoms with Crippen molar-refractivity contribution in [1.82, 2.24) is 15.2 Å². The van der Waals surface area contributed by atoms with Crippen molar-refractivity contribution >= 4 is 11.8 Å². The standard InChI is InChI=1S/C10H19N5O2/c1-16-6-3-4-12-10-14-9(8-13-15-10)11-5-7-17-2/h8H,3-7H2,1-2H3,(H2,11,12,14,15). The second kappa shape index (κ2) is 8.66. The Morgan fingerprint density at radius 1 is 1.12 bits per heavy atom. The minimum absolute atomic E-state index is 0.517. The molecule has 7 heteroatoms. The molecule has 0 amide bonds. The lowest BCUT2D eigenvalue weighted by molar-refractivity contribution is 0.197. The van der Waals surface area contributed by atoms with Crippen LogP contribution in [0.5, 0.6) is 0 Å². The Morgan fingerprint density at radius 2 is 1.94 bits per heavy atom. The molecule has 1 heterocycles. The quantitative estimate of drug-likeness (QED) is 0.605. The maximum Gasteiger partial charge on any atom is 0.244 e. The third-order valence-electron chi connectivity index (χ3n) is 1.98. The SMILES string of the molecule is COCCCNc1nncc(NCCOC)n1. The maximum atomic E-state index is 4.95. The second-order valence-electron chi connectivity index (χ2n) is 3.36. The first-order chi connectivity index (χ1) is 8.36. The molecule has 0 aliphatic carbocycles. The number of nitrogens with zero attached hydrogens (tertiary/aromatic N) is 3. The average molecular weight is 241 g/mol. The van der Waals surface area contributed by atoms with Crippen molar-refractivity contribution in [3.8, 4) is 0 Å². The molecule has 0 unspecified atom stereocenters. The number of hydrogen-bond donors (Lipinski definition) is 2. The summed E-state index contributed by atoms with van der Waals surface area (Å²) in [6, 6.07) is 0. The summed E-state index contributed by atoms with van der Waals surface area (Å²) < 4.78 is 9.88. The topological polar surface area (TPSA) is 81.2 Å². The van der Waals surface area contributed by atoms with Gasteiger partial charge in [0.1, 0.15) is 0 Å². The van der Waals surface area contributed by atoms with Crippen LogP contribution in [0.4, 0.5) is 11.8 Å². The molecule has 0 spiro atoms. The summed E-state index contributed by atoms with van der Waals surface area (Å²) >= 11 is 0. The van der Waals surface area contributed by atoms with Crippen LogP contribution in [0.25, 0.3) is 0 Å². The third-order valence-corrected chi connectivity index (χ3v) is 1.98. The Balaban J connectivity index is 2.31. The molecular weight excluding hydrogens is 222 g/mol. The van der Waals surface area contributed by atoms with E-state index in [-0.39, 0.29) is 0 Å². The summed E-state index contributed by atoms with van der Waals surface area (Å²) in [5.41, 5.74) is 0. The van der Waals surface area contributed by atoms with Gasteiger partial charge in [0, 0.05) is 33.9 Å². The van der Waals surface area contributed by atoms with Gasteiger partial charge >= 0.3 is 0 Å². The van der Waals surface area contributed by atoms with Crippen LogP contribution in [0.1, 0.15) is 6.42 Å². The highest BCUT2D eigenvalue weighted by Crippen LogP contribution is 2.02. The van der Waals surface area contributed by atoms with Crippen LogP contribution in [0, 0.1) is 0 Å². The van der Waals surface area contributed by atoms with Crippen LogP contribution in [0.2, 0.25) is 0 Å². The van der Waals surface area contributed by atoms with Gasteiger partial charge in [0.15, 0.2) is 5.82 Å². The van der Waals surface area contributed by atoms with Crippen LogP contribution < -0.4 is 10.6 Å². The first-order valence-electron chi connectivity index (χ1n) is 5.52. The molecule has 0 saturated carbocycles. The van der Waals surface area contributed by atoms with Crippen LogP contribution in [0.3, 0.4) is 0 Å². The van der Waals surface area contributed by atoms with Crippen LogP contribution in [-0.4, -0.2) is 55.7 Å². The number of hydrogen-bond acceptors (Lipinski definition) is 7. The number of methoxy groups -OCH3 is 2. The van der Waals surface area contributed by atoms with E-state index in [0.717, 1.165) is 13.0 Å². The van der Waals surface area contributed by atoms with Crippen molar-refractivity contribution in [3.63, 3.8) is 0 Å². The molecule has 0 radical (unpaired) electrons. The number of aromatic nitrogens is 3. The monoisotopic (exact) mass is 241 g/mol. The molecule has 0 fully saturated rings. The Bertz CT molecular complexity index is 311. The van der Waals surface area contributed by atoms with Crippen molar-refractivity contribution in [3.05, 3.63) is 6.20 Å². The summed E-state index contributed by atoms with van der Waals surface area (Å²) in [6.07, 6.45) is 2.48. The molecule has 2 N–H and O–H groups in total. The van der Waals surface area contributed by atoms with E-state index in [1.165, 1.54) is 0 Å². The number of ether oxygens (including phenoxy) is 2. The van der Waals surface area contributed by atoms with Crippen LogP contribution in [0.15, 0.2) is 6.20 Å². The summed E-state index contributed by atoms with van der Waals surface area (Å²) in [5.74, 6) is 1.20. The number of rotatable bonds is 9. The lowest BCUT2D eigenvalue weighted by Gasteiger charge is -2.06. The molecule has 1 aromatic rings. The van der Waals surface area contributed by atoms with Crippen molar-refractivity contribution < 1.29 is 9.47 Å². The Labute approximate surface area is 101 Å². The Morgan fingerprint density at radius 3 is 2.71 bits per heavy atom. The average Bonchev–Trinajstić information content (AvgIpc) is 2.36. The fraction of sp³-hybridized carbons (Fsp3) is 0.700. The zero-order chi connectivity index (χ0) is 12.3. The van der Waals surface area contributed by atoms with Gasteiger partial charge in [-0.15, -0.1) is 5.10 Å². The zero-order valence-electron chi connectivity index (χ0n) is 10.3. The van der Waals surface area contributed by atoms with Crippen LogP contribution >= 0.6 is 0 Å². The van der Waals surface area contributed by atoms with Gasteiger partial charge in [-0.2, -0.15) is 10.1 Å². The van der Waals surface area contributed by atoms with Crippen molar-refractivity contribution in [1.29, 1.82) is 0 Å². The molecule has 17 heavy (non-hydrogen) atoms. The summed E-state index contributed by atoms with van der Waals surface area (Å²) in [6.45, 7) is 2.79. The van der Waals surface area contributed by atoms with Gasteiger partial charge in [0.05, 0.1) is 12.8 Å². The molecule has 0 bridgehead atoms. The van der Waals surface area contributed by atoms with E-state index >= 15 is 0 Å². The normalized spacial score (nSPS) is 10.2. The minimum Gasteiger partial charge on any atom is -0.385 e. The number of anilines is 2. The predicted octanol–water partition coefficient (Wildman–Crippen LogP) is 0.378. The fourth-order valence-corrected chi connectivity index (χ4v) is 1.16. The molecule has 7 nitrogen and oxygen atoms in total. The van der Waals surface area contributed by atoms with Crippen LogP contribution in [-0.2, 0) is 9.47 Å². The summed E-state index contributed by atoms with van der Waals surface area (Å²) in [7, 11) is 3.33. The van der Waals surface area contributed by atoms with Crippen molar-refractivity contribution in [2.75, 3.05) is 51.2 Å². The van der Waals surface area contributed by atoms with E-state index in [1.807, 2.05) is 0 Å². The first-order valence-corrected chi connectivity index (χ1v) is 5.52. The Hall–Kier alpha value is -1.47. The summed E-state index contributed by atoms with van der Waals surface area (Å²) in [4.78, 5) is 4.25. The van der Waals surface area contributed by atoms with Crippen molar-refractivity contribution in [2.24, 2.45) is 0 Å². The van der Waals surface area contributed by atoms with E-state index in [9.17, 15) is 0 Å². The second-order valence-corrected chi connectivity index (χ2v) is 3.36. The van der Waals surface area contributed by atoms with Gasteiger partial charge in [0.2, 0.25) is 5.95 Å². The molecular formula is C10H19N5O2. The molecule has 0 aliphatic heterocycles. The maximum absolute atomic E-state index is 4.95. The molecule has 0 aliphatic rings. The lowest BCUT2D eigenvalue weighted by atomic mass is 10.4. The Kier molecular flexibility index (Phi) is 6.92. The lowest BCUT2D eigenvalue weighted by Crippen LogP contribution is -2.12. The van der Waals surface area contributed by atoms with E-state index in [0.29, 0.717) is 31.5 Å².